The van der Waals surface area contributed by atoms with Crippen LogP contribution in [0.4, 0.5) is 0 Å². The van der Waals surface area contributed by atoms with Crippen molar-refractivity contribution in [2.75, 3.05) is 19.6 Å². The standard InChI is InChI=1S/C17H23ClN4OS.HI/c1-3-19-17(20-9-8-15-11-24-12(2)22-15)21-10-16(23)13-4-6-14(18)7-5-13;/h4-7,11,16,23H,3,8-10H2,1-2H3,(H2,19,20,21);1H. The summed E-state index contributed by atoms with van der Waals surface area (Å²) < 4.78 is 0. The Morgan fingerprint density at radius 1 is 1.32 bits per heavy atom. The van der Waals surface area contributed by atoms with Crippen LogP contribution in [0.1, 0.15) is 29.3 Å². The molecule has 138 valence electrons. The number of nitrogens with one attached hydrogen (secondary N) is 2. The minimum atomic E-state index is -0.654. The zero-order chi connectivity index (χ0) is 17.4. The third-order valence-electron chi connectivity index (χ3n) is 3.36. The first-order valence-corrected chi connectivity index (χ1v) is 9.21. The van der Waals surface area contributed by atoms with Crippen molar-refractivity contribution in [1.29, 1.82) is 0 Å². The van der Waals surface area contributed by atoms with E-state index < -0.39 is 6.10 Å². The number of guanidine groups is 1. The van der Waals surface area contributed by atoms with Gasteiger partial charge >= 0.3 is 0 Å². The SMILES string of the molecule is CCNC(=NCC(O)c1ccc(Cl)cc1)NCCc1csc(C)n1.I. The quantitative estimate of drug-likeness (QED) is 0.313. The minimum absolute atomic E-state index is 0. The average molecular weight is 495 g/mol. The summed E-state index contributed by atoms with van der Waals surface area (Å²) in [5.74, 6) is 0.692. The maximum Gasteiger partial charge on any atom is 0.191 e. The summed E-state index contributed by atoms with van der Waals surface area (Å²) in [6, 6.07) is 7.16. The first kappa shape index (κ1) is 22.1. The smallest absolute Gasteiger partial charge is 0.191 e. The zero-order valence-corrected chi connectivity index (χ0v) is 18.2. The van der Waals surface area contributed by atoms with E-state index in [0.717, 1.165) is 35.8 Å². The fourth-order valence-electron chi connectivity index (χ4n) is 2.14. The lowest BCUT2D eigenvalue weighted by Crippen LogP contribution is -2.38. The molecule has 0 aliphatic rings. The van der Waals surface area contributed by atoms with Gasteiger partial charge in [-0.25, -0.2) is 4.98 Å². The van der Waals surface area contributed by atoms with Gasteiger partial charge in [0, 0.05) is 29.9 Å². The van der Waals surface area contributed by atoms with Crippen LogP contribution < -0.4 is 10.6 Å². The third kappa shape index (κ3) is 7.89. The van der Waals surface area contributed by atoms with E-state index in [1.54, 1.807) is 23.5 Å². The third-order valence-corrected chi connectivity index (χ3v) is 4.44. The lowest BCUT2D eigenvalue weighted by atomic mass is 10.1. The molecule has 0 saturated heterocycles. The highest BCUT2D eigenvalue weighted by Gasteiger charge is 2.07. The van der Waals surface area contributed by atoms with Crippen LogP contribution in [0, 0.1) is 6.92 Å². The molecule has 0 fully saturated rings. The first-order valence-electron chi connectivity index (χ1n) is 7.95. The summed E-state index contributed by atoms with van der Waals surface area (Å²) in [7, 11) is 0. The van der Waals surface area contributed by atoms with E-state index in [1.807, 2.05) is 26.0 Å². The highest BCUT2D eigenvalue weighted by Crippen LogP contribution is 2.16. The largest absolute Gasteiger partial charge is 0.386 e. The number of aromatic nitrogens is 1. The molecule has 1 heterocycles. The molecular weight excluding hydrogens is 471 g/mol. The van der Waals surface area contributed by atoms with Crippen LogP contribution in [0.3, 0.4) is 0 Å². The average Bonchev–Trinajstić information content (AvgIpc) is 2.98. The minimum Gasteiger partial charge on any atom is -0.386 e. The number of benzene rings is 1. The Morgan fingerprint density at radius 3 is 2.64 bits per heavy atom. The molecule has 1 aromatic carbocycles. The van der Waals surface area contributed by atoms with Crippen molar-refractivity contribution in [3.63, 3.8) is 0 Å². The summed E-state index contributed by atoms with van der Waals surface area (Å²) in [6.07, 6.45) is 0.188. The Morgan fingerprint density at radius 2 is 2.04 bits per heavy atom. The number of halogens is 2. The fourth-order valence-corrected chi connectivity index (χ4v) is 2.91. The van der Waals surface area contributed by atoms with Crippen molar-refractivity contribution < 1.29 is 5.11 Å². The Bertz CT molecular complexity index is 663. The van der Waals surface area contributed by atoms with Crippen molar-refractivity contribution in [3.8, 4) is 0 Å². The summed E-state index contributed by atoms with van der Waals surface area (Å²) in [4.78, 5) is 8.88. The number of rotatable bonds is 7. The van der Waals surface area contributed by atoms with E-state index in [-0.39, 0.29) is 30.5 Å². The first-order chi connectivity index (χ1) is 11.6. The molecule has 3 N–H and O–H groups in total. The van der Waals surface area contributed by atoms with E-state index in [2.05, 4.69) is 26.0 Å². The lowest BCUT2D eigenvalue weighted by molar-refractivity contribution is 0.187. The Balaban J connectivity index is 0.00000312. The molecule has 25 heavy (non-hydrogen) atoms. The molecule has 0 spiro atoms. The van der Waals surface area contributed by atoms with E-state index in [9.17, 15) is 5.11 Å². The van der Waals surface area contributed by atoms with Crippen molar-refractivity contribution in [1.82, 2.24) is 15.6 Å². The number of hydrogen-bond acceptors (Lipinski definition) is 4. The van der Waals surface area contributed by atoms with E-state index in [4.69, 9.17) is 11.6 Å². The van der Waals surface area contributed by atoms with Gasteiger partial charge in [0.1, 0.15) is 0 Å². The zero-order valence-electron chi connectivity index (χ0n) is 14.3. The Hall–Kier alpha value is -0.900. The van der Waals surface area contributed by atoms with Crippen LogP contribution in [0.5, 0.6) is 0 Å². The molecule has 0 saturated carbocycles. The van der Waals surface area contributed by atoms with Crippen LogP contribution in [0.15, 0.2) is 34.6 Å². The van der Waals surface area contributed by atoms with Crippen LogP contribution in [-0.2, 0) is 6.42 Å². The Labute approximate surface area is 175 Å². The second-order valence-electron chi connectivity index (χ2n) is 5.32. The predicted molar refractivity (Wildman–Crippen MR) is 116 cm³/mol. The van der Waals surface area contributed by atoms with Gasteiger partial charge in [0.05, 0.1) is 23.4 Å². The van der Waals surface area contributed by atoms with Crippen molar-refractivity contribution in [2.45, 2.75) is 26.4 Å². The molecule has 0 bridgehead atoms. The van der Waals surface area contributed by atoms with Crippen LogP contribution in [-0.4, -0.2) is 35.7 Å². The molecular formula is C17H24ClIN4OS. The number of hydrogen-bond donors (Lipinski definition) is 3. The molecule has 0 aliphatic carbocycles. The van der Waals surface area contributed by atoms with Gasteiger partial charge < -0.3 is 15.7 Å². The molecule has 5 nitrogen and oxygen atoms in total. The van der Waals surface area contributed by atoms with E-state index in [1.165, 1.54) is 0 Å². The second kappa shape index (κ2) is 11.7. The predicted octanol–water partition coefficient (Wildman–Crippen LogP) is 3.55. The van der Waals surface area contributed by atoms with Gasteiger partial charge in [0.15, 0.2) is 5.96 Å². The topological polar surface area (TPSA) is 69.5 Å². The maximum atomic E-state index is 10.2. The molecule has 0 radical (unpaired) electrons. The molecule has 1 aromatic heterocycles. The number of nitrogens with zero attached hydrogens (tertiary/aromatic N) is 2. The highest BCUT2D eigenvalue weighted by molar-refractivity contribution is 14.0. The lowest BCUT2D eigenvalue weighted by Gasteiger charge is -2.13. The maximum absolute atomic E-state index is 10.2. The molecule has 8 heteroatoms. The molecule has 0 amide bonds. The molecule has 0 aliphatic heterocycles. The molecule has 2 aromatic rings. The second-order valence-corrected chi connectivity index (χ2v) is 6.82. The number of aliphatic hydroxyl groups excluding tert-OH is 1. The molecule has 1 unspecified atom stereocenters. The van der Waals surface area contributed by atoms with Gasteiger partial charge in [-0.05, 0) is 31.5 Å². The van der Waals surface area contributed by atoms with Gasteiger partial charge in [-0.3, -0.25) is 4.99 Å². The summed E-state index contributed by atoms with van der Waals surface area (Å²) >= 11 is 7.52. The van der Waals surface area contributed by atoms with Crippen molar-refractivity contribution in [2.24, 2.45) is 4.99 Å². The summed E-state index contributed by atoms with van der Waals surface area (Å²) in [5.41, 5.74) is 1.89. The van der Waals surface area contributed by atoms with E-state index in [0.29, 0.717) is 11.0 Å². The van der Waals surface area contributed by atoms with Crippen LogP contribution >= 0.6 is 46.9 Å². The van der Waals surface area contributed by atoms with Gasteiger partial charge in [-0.1, -0.05) is 23.7 Å². The number of aliphatic hydroxyl groups is 1. The van der Waals surface area contributed by atoms with E-state index >= 15 is 0 Å². The number of aryl methyl sites for hydroxylation is 1. The Kier molecular flexibility index (Phi) is 10.3. The van der Waals surface area contributed by atoms with Gasteiger partial charge in [-0.15, -0.1) is 35.3 Å². The normalized spacial score (nSPS) is 12.4. The fraction of sp³-hybridized carbons (Fsp3) is 0.412. The van der Waals surface area contributed by atoms with Gasteiger partial charge in [0.25, 0.3) is 0 Å². The molecule has 1 atom stereocenters. The van der Waals surface area contributed by atoms with Gasteiger partial charge in [0.2, 0.25) is 0 Å². The van der Waals surface area contributed by atoms with Crippen LogP contribution in [0.25, 0.3) is 0 Å². The van der Waals surface area contributed by atoms with Crippen molar-refractivity contribution >= 4 is 52.9 Å². The number of aliphatic imine (C=N–C) groups is 1. The van der Waals surface area contributed by atoms with Crippen LogP contribution in [0.2, 0.25) is 5.02 Å². The van der Waals surface area contributed by atoms with Gasteiger partial charge in [-0.2, -0.15) is 0 Å². The van der Waals surface area contributed by atoms with Crippen molar-refractivity contribution in [3.05, 3.63) is 50.9 Å². The monoisotopic (exact) mass is 494 g/mol. The highest BCUT2D eigenvalue weighted by atomic mass is 127. The summed E-state index contributed by atoms with van der Waals surface area (Å²) in [6.45, 7) is 5.80. The summed E-state index contributed by atoms with van der Waals surface area (Å²) in [5, 5.41) is 20.5. The number of thiazole rings is 1. The molecule has 2 rings (SSSR count).